The molecule has 2 amide bonds. The molecular formula is C16H12N2O3S. The zero-order valence-electron chi connectivity index (χ0n) is 11.7. The standard InChI is InChI=1S/C16H12N2O3S/c1-21-12-4-2-11(3-5-12)13-8-10(6-7-17-13)9-14-15(19)18-16(20)22-14/h2-9H,1H3,(H,18,19,20). The van der Waals surface area contributed by atoms with Crippen LogP contribution in [0.5, 0.6) is 5.75 Å². The molecule has 0 spiro atoms. The summed E-state index contributed by atoms with van der Waals surface area (Å²) in [6.45, 7) is 0. The molecule has 2 aromatic rings. The first-order valence-corrected chi connectivity index (χ1v) is 7.33. The Kier molecular flexibility index (Phi) is 3.93. The Morgan fingerprint density at radius 3 is 2.59 bits per heavy atom. The highest BCUT2D eigenvalue weighted by Crippen LogP contribution is 2.27. The molecule has 6 heteroatoms. The van der Waals surface area contributed by atoms with E-state index in [1.165, 1.54) is 0 Å². The number of aromatic nitrogens is 1. The number of thioether (sulfide) groups is 1. The predicted octanol–water partition coefficient (Wildman–Crippen LogP) is 3.08. The van der Waals surface area contributed by atoms with Crippen molar-refractivity contribution in [3.05, 3.63) is 53.1 Å². The van der Waals surface area contributed by atoms with Gasteiger partial charge in [0.25, 0.3) is 11.1 Å². The highest BCUT2D eigenvalue weighted by Gasteiger charge is 2.24. The minimum Gasteiger partial charge on any atom is -0.497 e. The Morgan fingerprint density at radius 2 is 1.95 bits per heavy atom. The molecule has 5 nitrogen and oxygen atoms in total. The third-order valence-corrected chi connectivity index (χ3v) is 3.92. The predicted molar refractivity (Wildman–Crippen MR) is 85.3 cm³/mol. The molecule has 22 heavy (non-hydrogen) atoms. The summed E-state index contributed by atoms with van der Waals surface area (Å²) >= 11 is 0.900. The van der Waals surface area contributed by atoms with Crippen LogP contribution in [-0.2, 0) is 4.79 Å². The lowest BCUT2D eigenvalue weighted by Crippen LogP contribution is -2.17. The van der Waals surface area contributed by atoms with E-state index < -0.39 is 0 Å². The van der Waals surface area contributed by atoms with Gasteiger partial charge in [-0.2, -0.15) is 0 Å². The molecule has 3 rings (SSSR count). The van der Waals surface area contributed by atoms with Crippen molar-refractivity contribution < 1.29 is 14.3 Å². The van der Waals surface area contributed by atoms with E-state index in [1.807, 2.05) is 30.3 Å². The van der Waals surface area contributed by atoms with Crippen LogP contribution >= 0.6 is 11.8 Å². The fourth-order valence-electron chi connectivity index (χ4n) is 2.03. The molecule has 1 aliphatic heterocycles. The number of benzene rings is 1. The lowest BCUT2D eigenvalue weighted by atomic mass is 10.1. The van der Waals surface area contributed by atoms with Crippen LogP contribution < -0.4 is 10.1 Å². The number of hydrogen-bond acceptors (Lipinski definition) is 5. The van der Waals surface area contributed by atoms with Crippen molar-refractivity contribution in [2.45, 2.75) is 0 Å². The second-order valence-corrected chi connectivity index (χ2v) is 5.57. The molecule has 1 fully saturated rings. The number of nitrogens with zero attached hydrogens (tertiary/aromatic N) is 1. The molecule has 0 atom stereocenters. The maximum absolute atomic E-state index is 11.6. The molecular weight excluding hydrogens is 300 g/mol. The Hall–Kier alpha value is -2.60. The van der Waals surface area contributed by atoms with E-state index in [4.69, 9.17) is 4.74 Å². The Balaban J connectivity index is 1.90. The van der Waals surface area contributed by atoms with E-state index in [-0.39, 0.29) is 11.1 Å². The van der Waals surface area contributed by atoms with Crippen molar-refractivity contribution in [2.75, 3.05) is 7.11 Å². The maximum Gasteiger partial charge on any atom is 0.290 e. The van der Waals surface area contributed by atoms with E-state index in [0.717, 1.165) is 34.3 Å². The lowest BCUT2D eigenvalue weighted by Gasteiger charge is -2.04. The van der Waals surface area contributed by atoms with E-state index in [9.17, 15) is 9.59 Å². The van der Waals surface area contributed by atoms with Gasteiger partial charge in [-0.05, 0) is 59.8 Å². The summed E-state index contributed by atoms with van der Waals surface area (Å²) < 4.78 is 5.13. The highest BCUT2D eigenvalue weighted by molar-refractivity contribution is 8.18. The first-order chi connectivity index (χ1) is 10.7. The minimum absolute atomic E-state index is 0.347. The van der Waals surface area contributed by atoms with Crippen LogP contribution in [0, 0.1) is 0 Å². The number of amides is 2. The van der Waals surface area contributed by atoms with Crippen LogP contribution in [0.25, 0.3) is 17.3 Å². The number of hydrogen-bond donors (Lipinski definition) is 1. The second-order valence-electron chi connectivity index (χ2n) is 4.56. The van der Waals surface area contributed by atoms with Gasteiger partial charge in [0.15, 0.2) is 0 Å². The minimum atomic E-state index is -0.363. The monoisotopic (exact) mass is 312 g/mol. The first-order valence-electron chi connectivity index (χ1n) is 6.51. The maximum atomic E-state index is 11.6. The van der Waals surface area contributed by atoms with E-state index in [2.05, 4.69) is 10.3 Å². The topological polar surface area (TPSA) is 68.3 Å². The van der Waals surface area contributed by atoms with Gasteiger partial charge in [0.1, 0.15) is 5.75 Å². The molecule has 1 saturated heterocycles. The molecule has 2 heterocycles. The summed E-state index contributed by atoms with van der Waals surface area (Å²) in [5.74, 6) is 0.414. The van der Waals surface area contributed by atoms with Crippen molar-refractivity contribution in [2.24, 2.45) is 0 Å². The van der Waals surface area contributed by atoms with Crippen molar-refractivity contribution in [1.82, 2.24) is 10.3 Å². The van der Waals surface area contributed by atoms with E-state index in [1.54, 1.807) is 25.4 Å². The fraction of sp³-hybridized carbons (Fsp3) is 0.0625. The average Bonchev–Trinajstić information content (AvgIpc) is 2.85. The fourth-order valence-corrected chi connectivity index (χ4v) is 2.71. The SMILES string of the molecule is COc1ccc(-c2cc(C=C3SC(=O)NC3=O)ccn2)cc1. The molecule has 0 bridgehead atoms. The van der Waals surface area contributed by atoms with Gasteiger partial charge in [0.2, 0.25) is 0 Å². The quantitative estimate of drug-likeness (QED) is 0.882. The number of nitrogens with one attached hydrogen (secondary N) is 1. The summed E-state index contributed by atoms with van der Waals surface area (Å²) in [6, 6.07) is 11.2. The number of carbonyl (C=O) groups is 2. The number of imide groups is 1. The number of rotatable bonds is 3. The third kappa shape index (κ3) is 3.01. The molecule has 0 saturated carbocycles. The van der Waals surface area contributed by atoms with Gasteiger partial charge in [-0.15, -0.1) is 0 Å². The normalized spacial score (nSPS) is 16.0. The van der Waals surface area contributed by atoms with Crippen LogP contribution in [0.1, 0.15) is 5.56 Å². The summed E-state index contributed by atoms with van der Waals surface area (Å²) in [4.78, 5) is 27.4. The Labute approximate surface area is 131 Å². The molecule has 0 aliphatic carbocycles. The van der Waals surface area contributed by atoms with Crippen molar-refractivity contribution in [3.8, 4) is 17.0 Å². The Morgan fingerprint density at radius 1 is 1.18 bits per heavy atom. The van der Waals surface area contributed by atoms with Crippen molar-refractivity contribution in [1.29, 1.82) is 0 Å². The van der Waals surface area contributed by atoms with Crippen molar-refractivity contribution in [3.63, 3.8) is 0 Å². The van der Waals surface area contributed by atoms with Gasteiger partial charge in [-0.3, -0.25) is 19.9 Å². The van der Waals surface area contributed by atoms with Crippen molar-refractivity contribution >= 4 is 29.0 Å². The summed E-state index contributed by atoms with van der Waals surface area (Å²) in [5.41, 5.74) is 2.54. The summed E-state index contributed by atoms with van der Waals surface area (Å²) in [6.07, 6.45) is 3.35. The summed E-state index contributed by atoms with van der Waals surface area (Å²) in [7, 11) is 1.62. The number of methoxy groups -OCH3 is 1. The van der Waals surface area contributed by atoms with E-state index in [0.29, 0.717) is 4.91 Å². The molecule has 0 radical (unpaired) electrons. The zero-order valence-corrected chi connectivity index (χ0v) is 12.5. The second kappa shape index (κ2) is 6.03. The smallest absolute Gasteiger partial charge is 0.290 e. The van der Waals surface area contributed by atoms with Crippen LogP contribution in [0.3, 0.4) is 0 Å². The highest BCUT2D eigenvalue weighted by atomic mass is 32.2. The van der Waals surface area contributed by atoms with Crippen LogP contribution in [0.2, 0.25) is 0 Å². The van der Waals surface area contributed by atoms with Gasteiger partial charge in [0, 0.05) is 11.8 Å². The van der Waals surface area contributed by atoms with Gasteiger partial charge in [0.05, 0.1) is 17.7 Å². The van der Waals surface area contributed by atoms with Gasteiger partial charge < -0.3 is 4.74 Å². The summed E-state index contributed by atoms with van der Waals surface area (Å²) in [5, 5.41) is 1.89. The molecule has 110 valence electrons. The van der Waals surface area contributed by atoms with Gasteiger partial charge in [-0.1, -0.05) is 0 Å². The number of carbonyl (C=O) groups excluding carboxylic acids is 2. The zero-order chi connectivity index (χ0) is 15.5. The molecule has 1 N–H and O–H groups in total. The molecule has 0 unspecified atom stereocenters. The van der Waals surface area contributed by atoms with Gasteiger partial charge in [-0.25, -0.2) is 0 Å². The van der Waals surface area contributed by atoms with Gasteiger partial charge >= 0.3 is 0 Å². The first kappa shape index (κ1) is 14.3. The van der Waals surface area contributed by atoms with Crippen LogP contribution in [-0.4, -0.2) is 23.2 Å². The number of pyridine rings is 1. The molecule has 1 aliphatic rings. The third-order valence-electron chi connectivity index (χ3n) is 3.11. The average molecular weight is 312 g/mol. The number of ether oxygens (including phenoxy) is 1. The molecule has 1 aromatic carbocycles. The van der Waals surface area contributed by atoms with Crippen LogP contribution in [0.4, 0.5) is 4.79 Å². The van der Waals surface area contributed by atoms with Crippen LogP contribution in [0.15, 0.2) is 47.5 Å². The van der Waals surface area contributed by atoms with E-state index >= 15 is 0 Å². The lowest BCUT2D eigenvalue weighted by molar-refractivity contribution is -0.115. The molecule has 1 aromatic heterocycles. The Bertz CT molecular complexity index is 769. The largest absolute Gasteiger partial charge is 0.497 e.